The molecule has 1 fully saturated rings. The summed E-state index contributed by atoms with van der Waals surface area (Å²) in [6.07, 6.45) is 4.61. The summed E-state index contributed by atoms with van der Waals surface area (Å²) in [5.41, 5.74) is -0.429. The predicted molar refractivity (Wildman–Crippen MR) is 73.3 cm³/mol. The number of fused-ring (bicyclic) bond motifs is 3. The van der Waals surface area contributed by atoms with Crippen LogP contribution in [0.15, 0.2) is 6.33 Å². The number of hydrogen-bond acceptors (Lipinski definition) is 4. The zero-order valence-corrected chi connectivity index (χ0v) is 12.4. The minimum Gasteiger partial charge on any atom is -0.444 e. The fourth-order valence-corrected chi connectivity index (χ4v) is 3.20. The first-order chi connectivity index (χ1) is 9.44. The Bertz CT molecular complexity index is 506. The summed E-state index contributed by atoms with van der Waals surface area (Å²) in [6, 6.07) is 0.437. The van der Waals surface area contributed by atoms with Crippen molar-refractivity contribution < 1.29 is 9.53 Å². The topological polar surface area (TPSA) is 60.2 Å². The summed E-state index contributed by atoms with van der Waals surface area (Å²) in [4.78, 5) is 14.0. The average Bonchev–Trinajstić information content (AvgIpc) is 2.84. The Balaban J connectivity index is 1.67. The summed E-state index contributed by atoms with van der Waals surface area (Å²) in [7, 11) is 0. The SMILES string of the molecule is CC(C)(C)OC(=O)N1CCC2C(CCc3nncn32)C1. The molecule has 0 aliphatic carbocycles. The second-order valence-corrected chi connectivity index (χ2v) is 6.74. The van der Waals surface area contributed by atoms with Gasteiger partial charge < -0.3 is 14.2 Å². The number of aryl methyl sites for hydroxylation is 1. The van der Waals surface area contributed by atoms with Gasteiger partial charge in [-0.25, -0.2) is 4.79 Å². The van der Waals surface area contributed by atoms with Crippen LogP contribution < -0.4 is 0 Å². The maximum atomic E-state index is 12.2. The van der Waals surface area contributed by atoms with Gasteiger partial charge in [0.05, 0.1) is 0 Å². The number of likely N-dealkylation sites (tertiary alicyclic amines) is 1. The van der Waals surface area contributed by atoms with Crippen LogP contribution in [0.25, 0.3) is 0 Å². The van der Waals surface area contributed by atoms with E-state index in [1.54, 1.807) is 0 Å². The largest absolute Gasteiger partial charge is 0.444 e. The van der Waals surface area contributed by atoms with Gasteiger partial charge in [0.25, 0.3) is 0 Å². The minimum absolute atomic E-state index is 0.189. The van der Waals surface area contributed by atoms with Gasteiger partial charge in [-0.2, -0.15) is 0 Å². The molecule has 0 radical (unpaired) electrons. The standard InChI is InChI=1S/C14H22N4O2/c1-14(2,3)20-13(19)17-7-6-11-10(8-17)4-5-12-16-15-9-18(11)12/h9-11H,4-8H2,1-3H3. The molecule has 0 bridgehead atoms. The molecule has 3 heterocycles. The molecule has 2 atom stereocenters. The number of ether oxygens (including phenoxy) is 1. The van der Waals surface area contributed by atoms with Crippen molar-refractivity contribution in [2.75, 3.05) is 13.1 Å². The summed E-state index contributed by atoms with van der Waals surface area (Å²) in [5.74, 6) is 1.57. The molecule has 2 unspecified atom stereocenters. The van der Waals surface area contributed by atoms with Gasteiger partial charge >= 0.3 is 6.09 Å². The number of nitrogens with zero attached hydrogens (tertiary/aromatic N) is 4. The van der Waals surface area contributed by atoms with Crippen LogP contribution >= 0.6 is 0 Å². The Hall–Kier alpha value is -1.59. The lowest BCUT2D eigenvalue weighted by Gasteiger charge is -2.41. The van der Waals surface area contributed by atoms with Crippen LogP contribution in [0.4, 0.5) is 4.79 Å². The Morgan fingerprint density at radius 2 is 2.20 bits per heavy atom. The van der Waals surface area contributed by atoms with E-state index in [0.717, 1.165) is 38.2 Å². The third-order valence-electron chi connectivity index (χ3n) is 4.09. The normalized spacial score (nSPS) is 25.9. The van der Waals surface area contributed by atoms with Gasteiger partial charge in [-0.1, -0.05) is 0 Å². The number of amides is 1. The van der Waals surface area contributed by atoms with E-state index in [4.69, 9.17) is 4.74 Å². The molecule has 1 amide bonds. The molecule has 0 aromatic carbocycles. The molecule has 0 spiro atoms. The van der Waals surface area contributed by atoms with Crippen LogP contribution in [0.3, 0.4) is 0 Å². The van der Waals surface area contributed by atoms with E-state index >= 15 is 0 Å². The second kappa shape index (κ2) is 4.75. The number of piperidine rings is 1. The average molecular weight is 278 g/mol. The van der Waals surface area contributed by atoms with E-state index in [2.05, 4.69) is 14.8 Å². The van der Waals surface area contributed by atoms with Gasteiger partial charge in [0.1, 0.15) is 17.8 Å². The lowest BCUT2D eigenvalue weighted by molar-refractivity contribution is 0.00868. The lowest BCUT2D eigenvalue weighted by Crippen LogP contribution is -2.47. The van der Waals surface area contributed by atoms with Crippen molar-refractivity contribution >= 4 is 6.09 Å². The number of aromatic nitrogens is 3. The van der Waals surface area contributed by atoms with E-state index < -0.39 is 5.60 Å². The molecule has 6 nitrogen and oxygen atoms in total. The highest BCUT2D eigenvalue weighted by molar-refractivity contribution is 5.68. The van der Waals surface area contributed by atoms with Crippen molar-refractivity contribution in [1.82, 2.24) is 19.7 Å². The summed E-state index contributed by atoms with van der Waals surface area (Å²) < 4.78 is 7.66. The highest BCUT2D eigenvalue weighted by Crippen LogP contribution is 2.36. The third-order valence-corrected chi connectivity index (χ3v) is 4.09. The van der Waals surface area contributed by atoms with E-state index in [1.807, 2.05) is 32.0 Å². The first-order valence-electron chi connectivity index (χ1n) is 7.30. The highest BCUT2D eigenvalue weighted by atomic mass is 16.6. The molecule has 20 heavy (non-hydrogen) atoms. The Kier molecular flexibility index (Phi) is 3.18. The van der Waals surface area contributed by atoms with Crippen LogP contribution in [-0.2, 0) is 11.2 Å². The van der Waals surface area contributed by atoms with Crippen LogP contribution in [0, 0.1) is 5.92 Å². The second-order valence-electron chi connectivity index (χ2n) is 6.74. The highest BCUT2D eigenvalue weighted by Gasteiger charge is 2.37. The van der Waals surface area contributed by atoms with Crippen molar-refractivity contribution in [3.63, 3.8) is 0 Å². The number of rotatable bonds is 0. The maximum absolute atomic E-state index is 12.2. The predicted octanol–water partition coefficient (Wildman–Crippen LogP) is 2.02. The molecule has 110 valence electrons. The van der Waals surface area contributed by atoms with Gasteiger partial charge in [-0.15, -0.1) is 10.2 Å². The van der Waals surface area contributed by atoms with Crippen LogP contribution in [0.2, 0.25) is 0 Å². The van der Waals surface area contributed by atoms with Gasteiger partial charge in [-0.05, 0) is 39.5 Å². The van der Waals surface area contributed by atoms with E-state index in [-0.39, 0.29) is 6.09 Å². The van der Waals surface area contributed by atoms with Gasteiger partial charge in [0, 0.05) is 25.6 Å². The number of hydrogen-bond donors (Lipinski definition) is 0. The molecule has 2 aliphatic rings. The smallest absolute Gasteiger partial charge is 0.410 e. The summed E-state index contributed by atoms with van der Waals surface area (Å²) >= 11 is 0. The molecule has 6 heteroatoms. The van der Waals surface area contributed by atoms with Crippen LogP contribution in [-0.4, -0.2) is 44.4 Å². The summed E-state index contributed by atoms with van der Waals surface area (Å²) in [6.45, 7) is 7.23. The van der Waals surface area contributed by atoms with Gasteiger partial charge in [-0.3, -0.25) is 0 Å². The molecule has 1 aromatic rings. The van der Waals surface area contributed by atoms with Crippen molar-refractivity contribution in [1.29, 1.82) is 0 Å². The molecular weight excluding hydrogens is 256 g/mol. The van der Waals surface area contributed by atoms with Gasteiger partial charge in [0.15, 0.2) is 0 Å². The molecule has 0 saturated carbocycles. The summed E-state index contributed by atoms with van der Waals surface area (Å²) in [5, 5.41) is 8.16. The van der Waals surface area contributed by atoms with E-state index in [0.29, 0.717) is 12.0 Å². The van der Waals surface area contributed by atoms with E-state index in [1.165, 1.54) is 0 Å². The molecule has 1 aromatic heterocycles. The molecule has 3 rings (SSSR count). The lowest BCUT2D eigenvalue weighted by atomic mass is 9.85. The van der Waals surface area contributed by atoms with Crippen molar-refractivity contribution in [3.05, 3.63) is 12.2 Å². The zero-order valence-electron chi connectivity index (χ0n) is 12.4. The number of carbonyl (C=O) groups is 1. The Labute approximate surface area is 119 Å². The van der Waals surface area contributed by atoms with Crippen molar-refractivity contribution in [2.45, 2.75) is 51.7 Å². The molecule has 0 N–H and O–H groups in total. The monoisotopic (exact) mass is 278 g/mol. The van der Waals surface area contributed by atoms with E-state index in [9.17, 15) is 4.79 Å². The maximum Gasteiger partial charge on any atom is 0.410 e. The first-order valence-corrected chi connectivity index (χ1v) is 7.30. The van der Waals surface area contributed by atoms with Crippen LogP contribution in [0.5, 0.6) is 0 Å². The van der Waals surface area contributed by atoms with Crippen molar-refractivity contribution in [3.8, 4) is 0 Å². The molecule has 2 aliphatic heterocycles. The molecule has 1 saturated heterocycles. The van der Waals surface area contributed by atoms with Crippen LogP contribution in [0.1, 0.15) is 45.5 Å². The quantitative estimate of drug-likeness (QED) is 0.728. The minimum atomic E-state index is -0.429. The van der Waals surface area contributed by atoms with Gasteiger partial charge in [0.2, 0.25) is 0 Å². The van der Waals surface area contributed by atoms with Crippen molar-refractivity contribution in [2.24, 2.45) is 5.92 Å². The number of carbonyl (C=O) groups excluding carboxylic acids is 1. The Morgan fingerprint density at radius 1 is 1.40 bits per heavy atom. The molecular formula is C14H22N4O2. The fourth-order valence-electron chi connectivity index (χ4n) is 3.20. The first kappa shape index (κ1) is 13.4. The Morgan fingerprint density at radius 3 is 2.95 bits per heavy atom. The zero-order chi connectivity index (χ0) is 14.3. The third kappa shape index (κ3) is 2.51. The fraction of sp³-hybridized carbons (Fsp3) is 0.786.